The van der Waals surface area contributed by atoms with Crippen molar-refractivity contribution in [2.24, 2.45) is 11.3 Å². The van der Waals surface area contributed by atoms with Crippen LogP contribution in [0.2, 0.25) is 5.02 Å². The molecule has 7 heteroatoms. The smallest absolute Gasteiger partial charge is 0.224 e. The van der Waals surface area contributed by atoms with E-state index in [1.807, 2.05) is 23.1 Å². The second kappa shape index (κ2) is 9.86. The summed E-state index contributed by atoms with van der Waals surface area (Å²) in [4.78, 5) is 25.7. The number of piperazine rings is 1. The lowest BCUT2D eigenvalue weighted by molar-refractivity contribution is -0.134. The van der Waals surface area contributed by atoms with Crippen LogP contribution < -0.4 is 9.64 Å². The average Bonchev–Trinajstić information content (AvgIpc) is 2.68. The average molecular weight is 445 g/mol. The highest BCUT2D eigenvalue weighted by Gasteiger charge is 2.29. The van der Waals surface area contributed by atoms with Gasteiger partial charge in [0, 0.05) is 38.2 Å². The maximum absolute atomic E-state index is 12.9. The first kappa shape index (κ1) is 23.3. The number of nitrogens with zero attached hydrogens (tertiary/aromatic N) is 4. The number of para-hydroxylation sites is 1. The van der Waals surface area contributed by atoms with Crippen LogP contribution in [0, 0.1) is 11.3 Å². The van der Waals surface area contributed by atoms with Gasteiger partial charge in [-0.05, 0) is 36.8 Å². The van der Waals surface area contributed by atoms with E-state index in [9.17, 15) is 4.79 Å². The van der Waals surface area contributed by atoms with Gasteiger partial charge in [0.25, 0.3) is 0 Å². The van der Waals surface area contributed by atoms with Gasteiger partial charge >= 0.3 is 0 Å². The number of carbonyl (C=O) groups excluding carboxylic acids is 1. The van der Waals surface area contributed by atoms with Crippen LogP contribution in [0.5, 0.6) is 11.6 Å². The van der Waals surface area contributed by atoms with Gasteiger partial charge in [-0.2, -0.15) is 0 Å². The van der Waals surface area contributed by atoms with Gasteiger partial charge in [0.15, 0.2) is 0 Å². The second-order valence-corrected chi connectivity index (χ2v) is 10.1. The fourth-order valence-electron chi connectivity index (χ4n) is 4.27. The van der Waals surface area contributed by atoms with Gasteiger partial charge in [0.1, 0.15) is 17.9 Å². The number of rotatable bonds is 6. The number of carbonyl (C=O) groups is 1. The molecule has 1 aliphatic rings. The Morgan fingerprint density at radius 1 is 1.26 bits per heavy atom. The van der Waals surface area contributed by atoms with Gasteiger partial charge < -0.3 is 14.5 Å². The summed E-state index contributed by atoms with van der Waals surface area (Å²) >= 11 is 6.18. The number of halogens is 1. The van der Waals surface area contributed by atoms with E-state index in [1.165, 1.54) is 6.33 Å². The van der Waals surface area contributed by atoms with Gasteiger partial charge in [-0.3, -0.25) is 4.79 Å². The molecular weight excluding hydrogens is 412 g/mol. The summed E-state index contributed by atoms with van der Waals surface area (Å²) in [6.07, 6.45) is 3.14. The fraction of sp³-hybridized carbons (Fsp3) is 0.542. The Labute approximate surface area is 190 Å². The van der Waals surface area contributed by atoms with Gasteiger partial charge in [-0.15, -0.1) is 0 Å². The normalized spacial score (nSPS) is 18.1. The van der Waals surface area contributed by atoms with Crippen LogP contribution >= 0.6 is 11.6 Å². The third-order valence-corrected chi connectivity index (χ3v) is 5.75. The highest BCUT2D eigenvalue weighted by Crippen LogP contribution is 2.30. The maximum atomic E-state index is 12.9. The quantitative estimate of drug-likeness (QED) is 0.595. The summed E-state index contributed by atoms with van der Waals surface area (Å²) < 4.78 is 5.84. The Bertz CT molecular complexity index is 899. The van der Waals surface area contributed by atoms with Crippen LogP contribution in [-0.2, 0) is 4.79 Å². The van der Waals surface area contributed by atoms with Crippen molar-refractivity contribution in [3.63, 3.8) is 0 Å². The third-order valence-electron chi connectivity index (χ3n) is 5.43. The molecule has 0 radical (unpaired) electrons. The molecule has 0 spiro atoms. The molecule has 2 heterocycles. The highest BCUT2D eigenvalue weighted by atomic mass is 35.5. The topological polar surface area (TPSA) is 58.6 Å². The van der Waals surface area contributed by atoms with Crippen LogP contribution in [0.15, 0.2) is 36.7 Å². The number of benzene rings is 1. The summed E-state index contributed by atoms with van der Waals surface area (Å²) in [7, 11) is 0. The van der Waals surface area contributed by atoms with E-state index in [0.717, 1.165) is 25.3 Å². The van der Waals surface area contributed by atoms with Crippen LogP contribution in [0.3, 0.4) is 0 Å². The first-order valence-electron chi connectivity index (χ1n) is 10.9. The summed E-state index contributed by atoms with van der Waals surface area (Å²) in [5.41, 5.74) is 0.237. The fourth-order valence-corrected chi connectivity index (χ4v) is 4.44. The minimum absolute atomic E-state index is 0.117. The Morgan fingerprint density at radius 2 is 2.00 bits per heavy atom. The van der Waals surface area contributed by atoms with Crippen molar-refractivity contribution in [1.82, 2.24) is 14.9 Å². The lowest BCUT2D eigenvalue weighted by Gasteiger charge is -2.41. The maximum Gasteiger partial charge on any atom is 0.224 e. The molecule has 1 amide bonds. The van der Waals surface area contributed by atoms with Gasteiger partial charge in [-0.1, -0.05) is 51.4 Å². The molecule has 0 N–H and O–H groups in total. The molecule has 2 aromatic rings. The van der Waals surface area contributed by atoms with E-state index >= 15 is 0 Å². The monoisotopic (exact) mass is 444 g/mol. The standard InChI is InChI=1S/C24H33ClN4O2/c1-17(14-24(3,4)5)12-23(30)29-11-10-28(15-18(29)2)21-13-22(27-16-26-21)31-20-9-7-6-8-19(20)25/h6-9,13,16-18H,10-12,14-15H2,1-5H3/t17-,18+/m1/s1. The zero-order chi connectivity index (χ0) is 22.6. The SMILES string of the molecule is C[C@H](CC(=O)N1CCN(c2cc(Oc3ccccc3Cl)ncn2)C[C@@H]1C)CC(C)(C)C. The number of hydrogen-bond donors (Lipinski definition) is 0. The highest BCUT2D eigenvalue weighted by molar-refractivity contribution is 6.32. The molecule has 0 aliphatic carbocycles. The van der Waals surface area contributed by atoms with E-state index in [1.54, 1.807) is 12.1 Å². The van der Waals surface area contributed by atoms with Crippen molar-refractivity contribution >= 4 is 23.3 Å². The van der Waals surface area contributed by atoms with Crippen LogP contribution in [0.1, 0.15) is 47.5 Å². The minimum Gasteiger partial charge on any atom is -0.437 e. The number of ether oxygens (including phenoxy) is 1. The Hall–Kier alpha value is -2.34. The van der Waals surface area contributed by atoms with Crippen LogP contribution in [0.25, 0.3) is 0 Å². The molecule has 1 aromatic heterocycles. The van der Waals surface area contributed by atoms with Gasteiger partial charge in [-0.25, -0.2) is 9.97 Å². The molecule has 0 saturated carbocycles. The van der Waals surface area contributed by atoms with E-state index in [2.05, 4.69) is 49.5 Å². The minimum atomic E-state index is 0.117. The molecular formula is C24H33ClN4O2. The van der Waals surface area contributed by atoms with Crippen molar-refractivity contribution < 1.29 is 9.53 Å². The molecule has 0 unspecified atom stereocenters. The lowest BCUT2D eigenvalue weighted by Crippen LogP contribution is -2.54. The zero-order valence-corrected chi connectivity index (χ0v) is 19.9. The van der Waals surface area contributed by atoms with Crippen LogP contribution in [0.4, 0.5) is 5.82 Å². The molecule has 1 aromatic carbocycles. The van der Waals surface area contributed by atoms with Gasteiger partial charge in [0.2, 0.25) is 11.8 Å². The first-order chi connectivity index (χ1) is 14.6. The van der Waals surface area contributed by atoms with Crippen molar-refractivity contribution in [3.05, 3.63) is 41.7 Å². The molecule has 1 aliphatic heterocycles. The van der Waals surface area contributed by atoms with E-state index < -0.39 is 0 Å². The van der Waals surface area contributed by atoms with Crippen molar-refractivity contribution in [2.45, 2.75) is 53.5 Å². The summed E-state index contributed by atoms with van der Waals surface area (Å²) in [5, 5.41) is 0.532. The van der Waals surface area contributed by atoms with Crippen molar-refractivity contribution in [1.29, 1.82) is 0 Å². The molecule has 1 fully saturated rings. The summed E-state index contributed by atoms with van der Waals surface area (Å²) in [6, 6.07) is 9.23. The van der Waals surface area contributed by atoms with Crippen LogP contribution in [-0.4, -0.2) is 46.5 Å². The van der Waals surface area contributed by atoms with E-state index in [0.29, 0.717) is 35.5 Å². The first-order valence-corrected chi connectivity index (χ1v) is 11.3. The predicted molar refractivity (Wildman–Crippen MR) is 125 cm³/mol. The predicted octanol–water partition coefficient (Wildman–Crippen LogP) is 5.42. The Kier molecular flexibility index (Phi) is 7.42. The molecule has 1 saturated heterocycles. The Balaban J connectivity index is 1.60. The molecule has 6 nitrogen and oxygen atoms in total. The largest absolute Gasteiger partial charge is 0.437 e. The zero-order valence-electron chi connectivity index (χ0n) is 19.1. The lowest BCUT2D eigenvalue weighted by atomic mass is 9.84. The number of hydrogen-bond acceptors (Lipinski definition) is 5. The molecule has 0 bridgehead atoms. The second-order valence-electron chi connectivity index (χ2n) is 9.70. The third kappa shape index (κ3) is 6.57. The molecule has 2 atom stereocenters. The molecule has 168 valence electrons. The van der Waals surface area contributed by atoms with E-state index in [4.69, 9.17) is 16.3 Å². The molecule has 31 heavy (non-hydrogen) atoms. The van der Waals surface area contributed by atoms with E-state index in [-0.39, 0.29) is 17.4 Å². The van der Waals surface area contributed by atoms with Crippen molar-refractivity contribution in [3.8, 4) is 11.6 Å². The van der Waals surface area contributed by atoms with Gasteiger partial charge in [0.05, 0.1) is 5.02 Å². The van der Waals surface area contributed by atoms with Crippen molar-refractivity contribution in [2.75, 3.05) is 24.5 Å². The number of amides is 1. The summed E-state index contributed by atoms with van der Waals surface area (Å²) in [5.74, 6) is 2.41. The number of aromatic nitrogens is 2. The summed E-state index contributed by atoms with van der Waals surface area (Å²) in [6.45, 7) is 13.1. The Morgan fingerprint density at radius 3 is 2.68 bits per heavy atom. The molecule has 3 rings (SSSR count). The number of anilines is 1.